The summed E-state index contributed by atoms with van der Waals surface area (Å²) in [6.07, 6.45) is 7.21. The number of nitrogens with one attached hydrogen (secondary N) is 1. The van der Waals surface area contributed by atoms with Gasteiger partial charge in [0, 0.05) is 50.8 Å². The fraction of sp³-hybridized carbons (Fsp3) is 0.450. The van der Waals surface area contributed by atoms with E-state index < -0.39 is 0 Å². The maximum Gasteiger partial charge on any atom is 0.244 e. The average Bonchev–Trinajstić information content (AvgIpc) is 3.32. The van der Waals surface area contributed by atoms with Crippen molar-refractivity contribution >= 4 is 29.5 Å². The largest absolute Gasteiger partial charge is 0.352 e. The van der Waals surface area contributed by atoms with Crippen LogP contribution in [0.1, 0.15) is 37.7 Å². The maximum atomic E-state index is 11.9. The van der Waals surface area contributed by atoms with Crippen LogP contribution in [0.25, 0.3) is 6.08 Å². The fourth-order valence-electron chi connectivity index (χ4n) is 3.33. The van der Waals surface area contributed by atoms with E-state index in [0.29, 0.717) is 19.4 Å². The quantitative estimate of drug-likeness (QED) is 0.793. The predicted octanol–water partition coefficient (Wildman–Crippen LogP) is 1.96. The number of benzene rings is 1. The Labute approximate surface area is 153 Å². The second-order valence-corrected chi connectivity index (χ2v) is 6.70. The van der Waals surface area contributed by atoms with Crippen LogP contribution in [0.4, 0.5) is 5.69 Å². The Hall–Kier alpha value is -2.63. The first-order chi connectivity index (χ1) is 12.6. The highest BCUT2D eigenvalue weighted by Gasteiger charge is 2.21. The summed E-state index contributed by atoms with van der Waals surface area (Å²) in [5.74, 6) is 0.0630. The molecule has 3 amide bonds. The molecule has 138 valence electrons. The Kier molecular flexibility index (Phi) is 6.04. The van der Waals surface area contributed by atoms with Crippen molar-refractivity contribution in [3.05, 3.63) is 35.9 Å². The van der Waals surface area contributed by atoms with Crippen LogP contribution < -0.4 is 10.2 Å². The molecule has 0 unspecified atom stereocenters. The summed E-state index contributed by atoms with van der Waals surface area (Å²) in [5.41, 5.74) is 1.79. The van der Waals surface area contributed by atoms with Crippen LogP contribution >= 0.6 is 0 Å². The zero-order chi connectivity index (χ0) is 18.4. The molecular weight excluding hydrogens is 330 g/mol. The van der Waals surface area contributed by atoms with E-state index in [9.17, 15) is 14.4 Å². The molecule has 2 fully saturated rings. The topological polar surface area (TPSA) is 69.7 Å². The Balaban J connectivity index is 1.42. The standard InChI is InChI=1S/C20H25N3O3/c24-18(21-12-11-19(25)22-13-1-2-14-22)10-7-16-5-8-17(9-6-16)23-15-3-4-20(23)26/h5-10H,1-4,11-15H2,(H,21,24)/b10-7+. The number of hydrogen-bond acceptors (Lipinski definition) is 3. The van der Waals surface area contributed by atoms with E-state index in [4.69, 9.17) is 0 Å². The second-order valence-electron chi connectivity index (χ2n) is 6.70. The van der Waals surface area contributed by atoms with Crippen LogP contribution in [-0.2, 0) is 14.4 Å². The van der Waals surface area contributed by atoms with Crippen molar-refractivity contribution in [1.82, 2.24) is 10.2 Å². The van der Waals surface area contributed by atoms with Gasteiger partial charge >= 0.3 is 0 Å². The van der Waals surface area contributed by atoms with Gasteiger partial charge in [-0.15, -0.1) is 0 Å². The third-order valence-electron chi connectivity index (χ3n) is 4.80. The predicted molar refractivity (Wildman–Crippen MR) is 101 cm³/mol. The minimum absolute atomic E-state index is 0.110. The summed E-state index contributed by atoms with van der Waals surface area (Å²) in [5, 5.41) is 2.74. The van der Waals surface area contributed by atoms with Gasteiger partial charge in [-0.05, 0) is 43.0 Å². The third-order valence-corrected chi connectivity index (χ3v) is 4.80. The van der Waals surface area contributed by atoms with Gasteiger partial charge in [0.1, 0.15) is 0 Å². The molecule has 6 nitrogen and oxygen atoms in total. The number of carbonyl (C=O) groups is 3. The summed E-state index contributed by atoms with van der Waals surface area (Å²) in [7, 11) is 0. The molecule has 2 aliphatic rings. The van der Waals surface area contributed by atoms with Gasteiger partial charge in [-0.3, -0.25) is 14.4 Å². The van der Waals surface area contributed by atoms with Crippen LogP contribution in [0.3, 0.4) is 0 Å². The Bertz CT molecular complexity index is 691. The van der Waals surface area contributed by atoms with Gasteiger partial charge in [0.05, 0.1) is 0 Å². The lowest BCUT2D eigenvalue weighted by atomic mass is 10.2. The van der Waals surface area contributed by atoms with Crippen LogP contribution in [0.15, 0.2) is 30.3 Å². The van der Waals surface area contributed by atoms with Gasteiger partial charge in [0.2, 0.25) is 17.7 Å². The molecule has 2 aliphatic heterocycles. The molecule has 0 spiro atoms. The lowest BCUT2D eigenvalue weighted by Gasteiger charge is -2.15. The van der Waals surface area contributed by atoms with Crippen molar-refractivity contribution in [3.63, 3.8) is 0 Å². The lowest BCUT2D eigenvalue weighted by Crippen LogP contribution is -2.32. The van der Waals surface area contributed by atoms with Crippen molar-refractivity contribution in [1.29, 1.82) is 0 Å². The first kappa shape index (κ1) is 18.2. The van der Waals surface area contributed by atoms with Gasteiger partial charge in [0.15, 0.2) is 0 Å². The van der Waals surface area contributed by atoms with Crippen molar-refractivity contribution in [3.8, 4) is 0 Å². The minimum Gasteiger partial charge on any atom is -0.352 e. The molecule has 3 rings (SSSR count). The van der Waals surface area contributed by atoms with Crippen LogP contribution in [-0.4, -0.2) is 48.8 Å². The van der Waals surface area contributed by atoms with E-state index in [1.807, 2.05) is 29.2 Å². The molecule has 2 saturated heterocycles. The molecule has 0 aromatic heterocycles. The molecular formula is C20H25N3O3. The summed E-state index contributed by atoms with van der Waals surface area (Å²) in [4.78, 5) is 39.1. The van der Waals surface area contributed by atoms with E-state index in [2.05, 4.69) is 5.32 Å². The molecule has 2 heterocycles. The van der Waals surface area contributed by atoms with Crippen LogP contribution in [0, 0.1) is 0 Å². The van der Waals surface area contributed by atoms with E-state index in [1.54, 1.807) is 11.0 Å². The molecule has 0 radical (unpaired) electrons. The zero-order valence-corrected chi connectivity index (χ0v) is 14.9. The Morgan fingerprint density at radius 1 is 1.04 bits per heavy atom. The molecule has 0 saturated carbocycles. The number of anilines is 1. The molecule has 26 heavy (non-hydrogen) atoms. The zero-order valence-electron chi connectivity index (χ0n) is 14.9. The van der Waals surface area contributed by atoms with Gasteiger partial charge < -0.3 is 15.1 Å². The van der Waals surface area contributed by atoms with Crippen LogP contribution in [0.5, 0.6) is 0 Å². The highest BCUT2D eigenvalue weighted by Crippen LogP contribution is 2.21. The molecule has 0 atom stereocenters. The number of rotatable bonds is 6. The number of carbonyl (C=O) groups excluding carboxylic acids is 3. The number of nitrogens with zero attached hydrogens (tertiary/aromatic N) is 2. The number of hydrogen-bond donors (Lipinski definition) is 1. The molecule has 1 N–H and O–H groups in total. The molecule has 0 aliphatic carbocycles. The third kappa shape index (κ3) is 4.71. The van der Waals surface area contributed by atoms with E-state index >= 15 is 0 Å². The molecule has 1 aromatic carbocycles. The second kappa shape index (κ2) is 8.65. The van der Waals surface area contributed by atoms with Crippen molar-refractivity contribution < 1.29 is 14.4 Å². The van der Waals surface area contributed by atoms with Gasteiger partial charge in [0.25, 0.3) is 0 Å². The van der Waals surface area contributed by atoms with Gasteiger partial charge in [-0.25, -0.2) is 0 Å². The van der Waals surface area contributed by atoms with Crippen molar-refractivity contribution in [2.24, 2.45) is 0 Å². The normalized spacial score (nSPS) is 17.3. The first-order valence-electron chi connectivity index (χ1n) is 9.27. The first-order valence-corrected chi connectivity index (χ1v) is 9.27. The summed E-state index contributed by atoms with van der Waals surface area (Å²) >= 11 is 0. The lowest BCUT2D eigenvalue weighted by molar-refractivity contribution is -0.130. The highest BCUT2D eigenvalue weighted by molar-refractivity contribution is 5.95. The SMILES string of the molecule is O=C(/C=C/c1ccc(N2CCCC2=O)cc1)NCCC(=O)N1CCCC1. The van der Waals surface area contributed by atoms with Crippen molar-refractivity contribution in [2.45, 2.75) is 32.1 Å². The summed E-state index contributed by atoms with van der Waals surface area (Å²) in [6, 6.07) is 7.58. The van der Waals surface area contributed by atoms with E-state index in [1.165, 1.54) is 6.08 Å². The maximum absolute atomic E-state index is 11.9. The van der Waals surface area contributed by atoms with Gasteiger partial charge in [-0.1, -0.05) is 12.1 Å². The van der Waals surface area contributed by atoms with E-state index in [0.717, 1.165) is 50.1 Å². The smallest absolute Gasteiger partial charge is 0.244 e. The monoisotopic (exact) mass is 355 g/mol. The molecule has 1 aromatic rings. The van der Waals surface area contributed by atoms with Crippen LogP contribution in [0.2, 0.25) is 0 Å². The Morgan fingerprint density at radius 2 is 1.77 bits per heavy atom. The summed E-state index contributed by atoms with van der Waals surface area (Å²) in [6.45, 7) is 2.80. The van der Waals surface area contributed by atoms with E-state index in [-0.39, 0.29) is 17.7 Å². The molecule has 0 bridgehead atoms. The number of amides is 3. The van der Waals surface area contributed by atoms with Crippen molar-refractivity contribution in [2.75, 3.05) is 31.1 Å². The fourth-order valence-corrected chi connectivity index (χ4v) is 3.33. The minimum atomic E-state index is -0.210. The number of likely N-dealkylation sites (tertiary alicyclic amines) is 1. The molecule has 6 heteroatoms. The van der Waals surface area contributed by atoms with Gasteiger partial charge in [-0.2, -0.15) is 0 Å². The Morgan fingerprint density at radius 3 is 2.42 bits per heavy atom. The summed E-state index contributed by atoms with van der Waals surface area (Å²) < 4.78 is 0. The highest BCUT2D eigenvalue weighted by atomic mass is 16.2. The average molecular weight is 355 g/mol.